The fourth-order valence-electron chi connectivity index (χ4n) is 2.75. The normalized spacial score (nSPS) is 22.8. The summed E-state index contributed by atoms with van der Waals surface area (Å²) in [5, 5.41) is 8.45. The fraction of sp³-hybridized carbons (Fsp3) is 0.500. The first kappa shape index (κ1) is 15.7. The molecule has 1 aromatic carbocycles. The molecule has 0 aromatic heterocycles. The molecule has 0 spiro atoms. The van der Waals surface area contributed by atoms with Gasteiger partial charge in [-0.2, -0.15) is 9.65 Å². The van der Waals surface area contributed by atoms with Gasteiger partial charge in [0.2, 0.25) is 0 Å². The van der Waals surface area contributed by atoms with E-state index < -0.39 is 5.83 Å². The molecular formula is C18H22FNO. The van der Waals surface area contributed by atoms with Crippen molar-refractivity contribution in [2.45, 2.75) is 51.7 Å². The Morgan fingerprint density at radius 3 is 2.43 bits per heavy atom. The van der Waals surface area contributed by atoms with E-state index in [1.807, 2.05) is 0 Å². The SMILES string of the molecule is CCc1ccc(CO[C@H]2CC[C@H](/C=C(/F)C#N)CC2)cc1. The minimum atomic E-state index is -0.657. The van der Waals surface area contributed by atoms with E-state index in [0.717, 1.165) is 32.1 Å². The third kappa shape index (κ3) is 4.99. The topological polar surface area (TPSA) is 33.0 Å². The third-order valence-electron chi connectivity index (χ3n) is 4.12. The largest absolute Gasteiger partial charge is 0.374 e. The molecular weight excluding hydrogens is 265 g/mol. The predicted molar refractivity (Wildman–Crippen MR) is 81.2 cm³/mol. The fourth-order valence-corrected chi connectivity index (χ4v) is 2.75. The van der Waals surface area contributed by atoms with Gasteiger partial charge in [0.1, 0.15) is 6.07 Å². The lowest BCUT2D eigenvalue weighted by Crippen LogP contribution is -2.20. The Bertz CT molecular complexity index is 507. The zero-order valence-electron chi connectivity index (χ0n) is 12.5. The maximum atomic E-state index is 12.9. The van der Waals surface area contributed by atoms with Gasteiger partial charge in [0, 0.05) is 0 Å². The van der Waals surface area contributed by atoms with Crippen LogP contribution in [0.15, 0.2) is 36.2 Å². The van der Waals surface area contributed by atoms with Gasteiger partial charge in [-0.05, 0) is 55.2 Å². The molecule has 0 heterocycles. The Hall–Kier alpha value is -1.66. The van der Waals surface area contributed by atoms with Gasteiger partial charge < -0.3 is 4.74 Å². The van der Waals surface area contributed by atoms with Crippen molar-refractivity contribution < 1.29 is 9.13 Å². The van der Waals surface area contributed by atoms with Crippen LogP contribution in [-0.2, 0) is 17.8 Å². The number of benzene rings is 1. The number of aryl methyl sites for hydroxylation is 1. The van der Waals surface area contributed by atoms with Crippen molar-refractivity contribution in [3.05, 3.63) is 47.3 Å². The van der Waals surface area contributed by atoms with Crippen LogP contribution in [0.2, 0.25) is 0 Å². The molecule has 0 unspecified atom stereocenters. The highest BCUT2D eigenvalue weighted by Gasteiger charge is 2.20. The molecule has 1 aliphatic rings. The van der Waals surface area contributed by atoms with E-state index >= 15 is 0 Å². The maximum Gasteiger partial charge on any atom is 0.196 e. The molecule has 0 radical (unpaired) electrons. The van der Waals surface area contributed by atoms with E-state index in [-0.39, 0.29) is 12.0 Å². The van der Waals surface area contributed by atoms with Crippen LogP contribution in [0.4, 0.5) is 4.39 Å². The molecule has 0 amide bonds. The average molecular weight is 287 g/mol. The summed E-state index contributed by atoms with van der Waals surface area (Å²) in [4.78, 5) is 0. The molecule has 112 valence electrons. The van der Waals surface area contributed by atoms with Crippen molar-refractivity contribution in [1.82, 2.24) is 0 Å². The Kier molecular flexibility index (Phi) is 5.95. The van der Waals surface area contributed by atoms with Crippen molar-refractivity contribution in [3.63, 3.8) is 0 Å². The maximum absolute atomic E-state index is 12.9. The summed E-state index contributed by atoms with van der Waals surface area (Å²) in [5.41, 5.74) is 2.54. The van der Waals surface area contributed by atoms with Crippen molar-refractivity contribution >= 4 is 0 Å². The van der Waals surface area contributed by atoms with Crippen molar-refractivity contribution in [3.8, 4) is 6.07 Å². The molecule has 1 fully saturated rings. The second-order valence-electron chi connectivity index (χ2n) is 5.64. The average Bonchev–Trinajstić information content (AvgIpc) is 2.54. The molecule has 3 heteroatoms. The molecule has 2 rings (SSSR count). The highest BCUT2D eigenvalue weighted by atomic mass is 19.1. The van der Waals surface area contributed by atoms with Gasteiger partial charge in [-0.25, -0.2) is 0 Å². The summed E-state index contributed by atoms with van der Waals surface area (Å²) in [6.45, 7) is 2.79. The first-order valence-electron chi connectivity index (χ1n) is 7.68. The quantitative estimate of drug-likeness (QED) is 0.735. The van der Waals surface area contributed by atoms with Crippen molar-refractivity contribution in [1.29, 1.82) is 5.26 Å². The summed E-state index contributed by atoms with van der Waals surface area (Å²) >= 11 is 0. The lowest BCUT2D eigenvalue weighted by Gasteiger charge is -2.26. The number of rotatable bonds is 5. The highest BCUT2D eigenvalue weighted by molar-refractivity contribution is 5.21. The van der Waals surface area contributed by atoms with Crippen molar-refractivity contribution in [2.24, 2.45) is 5.92 Å². The lowest BCUT2D eigenvalue weighted by molar-refractivity contribution is 0.0109. The second kappa shape index (κ2) is 7.95. The number of nitrogens with zero attached hydrogens (tertiary/aromatic N) is 1. The third-order valence-corrected chi connectivity index (χ3v) is 4.12. The molecule has 2 nitrogen and oxygen atoms in total. The number of hydrogen-bond donors (Lipinski definition) is 0. The smallest absolute Gasteiger partial charge is 0.196 e. The Morgan fingerprint density at radius 1 is 1.24 bits per heavy atom. The standard InChI is InChI=1S/C18H22FNO/c1-2-14-3-5-16(6-4-14)13-21-18-9-7-15(8-10-18)11-17(19)12-20/h3-6,11,15,18H,2,7-10,13H2,1H3/b17-11+/t15-,18-. The minimum absolute atomic E-state index is 0.188. The van der Waals surface area contributed by atoms with Gasteiger partial charge in [-0.1, -0.05) is 31.2 Å². The summed E-state index contributed by atoms with van der Waals surface area (Å²) in [7, 11) is 0. The van der Waals surface area contributed by atoms with E-state index in [1.54, 1.807) is 6.07 Å². The predicted octanol–water partition coefficient (Wildman–Crippen LogP) is 4.70. The van der Waals surface area contributed by atoms with Crippen LogP contribution in [0, 0.1) is 17.2 Å². The van der Waals surface area contributed by atoms with Gasteiger partial charge in [0.15, 0.2) is 5.83 Å². The molecule has 21 heavy (non-hydrogen) atoms. The Balaban J connectivity index is 1.75. The van der Waals surface area contributed by atoms with E-state index in [0.29, 0.717) is 6.61 Å². The van der Waals surface area contributed by atoms with Crippen LogP contribution >= 0.6 is 0 Å². The number of hydrogen-bond acceptors (Lipinski definition) is 2. The van der Waals surface area contributed by atoms with Crippen LogP contribution in [0.25, 0.3) is 0 Å². The molecule has 0 N–H and O–H groups in total. The first-order valence-corrected chi connectivity index (χ1v) is 7.68. The van der Waals surface area contributed by atoms with Gasteiger partial charge in [-0.3, -0.25) is 0 Å². The molecule has 1 saturated carbocycles. The van der Waals surface area contributed by atoms with Crippen LogP contribution in [0.1, 0.15) is 43.7 Å². The molecule has 0 saturated heterocycles. The molecule has 1 aliphatic carbocycles. The van der Waals surface area contributed by atoms with Crippen LogP contribution in [0.3, 0.4) is 0 Å². The highest BCUT2D eigenvalue weighted by Crippen LogP contribution is 2.28. The zero-order valence-corrected chi connectivity index (χ0v) is 12.5. The molecule has 0 aliphatic heterocycles. The van der Waals surface area contributed by atoms with E-state index in [9.17, 15) is 4.39 Å². The number of ether oxygens (including phenoxy) is 1. The number of nitriles is 1. The second-order valence-corrected chi connectivity index (χ2v) is 5.64. The van der Waals surface area contributed by atoms with Gasteiger partial charge >= 0.3 is 0 Å². The Morgan fingerprint density at radius 2 is 1.86 bits per heavy atom. The molecule has 0 bridgehead atoms. The summed E-state index contributed by atoms with van der Waals surface area (Å²) in [6, 6.07) is 10.1. The summed E-state index contributed by atoms with van der Waals surface area (Å²) in [5.74, 6) is -0.469. The van der Waals surface area contributed by atoms with E-state index in [2.05, 4.69) is 31.2 Å². The molecule has 1 aromatic rings. The summed E-state index contributed by atoms with van der Waals surface area (Å²) in [6.07, 6.45) is 6.44. The zero-order chi connectivity index (χ0) is 15.1. The van der Waals surface area contributed by atoms with Crippen molar-refractivity contribution in [2.75, 3.05) is 0 Å². The van der Waals surface area contributed by atoms with E-state index in [1.165, 1.54) is 17.2 Å². The monoisotopic (exact) mass is 287 g/mol. The summed E-state index contributed by atoms with van der Waals surface area (Å²) < 4.78 is 18.9. The number of allylic oxidation sites excluding steroid dienone is 2. The van der Waals surface area contributed by atoms with Gasteiger partial charge in [0.25, 0.3) is 0 Å². The van der Waals surface area contributed by atoms with Crippen LogP contribution < -0.4 is 0 Å². The van der Waals surface area contributed by atoms with Gasteiger partial charge in [-0.15, -0.1) is 0 Å². The minimum Gasteiger partial charge on any atom is -0.374 e. The van der Waals surface area contributed by atoms with Crippen LogP contribution in [0.5, 0.6) is 0 Å². The lowest BCUT2D eigenvalue weighted by atomic mass is 9.87. The number of halogens is 1. The van der Waals surface area contributed by atoms with Crippen LogP contribution in [-0.4, -0.2) is 6.10 Å². The van der Waals surface area contributed by atoms with Gasteiger partial charge in [0.05, 0.1) is 12.7 Å². The molecule has 0 atom stereocenters. The first-order chi connectivity index (χ1) is 10.2. The van der Waals surface area contributed by atoms with E-state index in [4.69, 9.17) is 10.00 Å². The Labute approximate surface area is 126 Å².